The van der Waals surface area contributed by atoms with E-state index < -0.39 is 5.97 Å². The first kappa shape index (κ1) is 23.7. The fourth-order valence-corrected chi connectivity index (χ4v) is 5.96. The van der Waals surface area contributed by atoms with Gasteiger partial charge in [0.25, 0.3) is 0 Å². The summed E-state index contributed by atoms with van der Waals surface area (Å²) in [6, 6.07) is 22.8. The van der Waals surface area contributed by atoms with Crippen molar-refractivity contribution in [3.63, 3.8) is 0 Å². The number of hydrogen-bond acceptors (Lipinski definition) is 5. The van der Waals surface area contributed by atoms with Gasteiger partial charge in [-0.3, -0.25) is 0 Å². The number of unbranched alkanes of at least 4 members (excludes halogenated alkanes) is 1. The highest BCUT2D eigenvalue weighted by Crippen LogP contribution is 2.46. The Hall–Kier alpha value is -2.41. The maximum Gasteiger partial charge on any atom is 0.335 e. The van der Waals surface area contributed by atoms with Crippen molar-refractivity contribution >= 4 is 41.1 Å². The summed E-state index contributed by atoms with van der Waals surface area (Å²) in [5.74, 6) is -0.902. The fourth-order valence-electron chi connectivity index (χ4n) is 4.27. The molecule has 1 atom stereocenters. The molecule has 1 heterocycles. The number of carboxylic acids is 1. The van der Waals surface area contributed by atoms with Crippen LogP contribution in [0, 0.1) is 0 Å². The average Bonchev–Trinajstić information content (AvgIpc) is 2.98. The zero-order valence-corrected chi connectivity index (χ0v) is 21.0. The maximum absolute atomic E-state index is 11.6. The van der Waals surface area contributed by atoms with E-state index in [-0.39, 0.29) is 0 Å². The molecule has 0 saturated carbocycles. The number of aromatic carboxylic acids is 1. The molecule has 3 aromatic rings. The first-order chi connectivity index (χ1) is 16.0. The van der Waals surface area contributed by atoms with Crippen LogP contribution in [0.15, 0.2) is 76.5 Å². The third kappa shape index (κ3) is 5.24. The number of para-hydroxylation sites is 1. The van der Waals surface area contributed by atoms with E-state index in [4.69, 9.17) is 0 Å². The summed E-state index contributed by atoms with van der Waals surface area (Å²) < 4.78 is 2.40. The molecule has 0 radical (unpaired) electrons. The number of likely N-dealkylation sites (N-methyl/N-ethyl adjacent to an activating group) is 1. The SMILES string of the molecule is CCCCC1CN(c2ccccc2)c2cc(SC)c(-c3cccc(C(=O)O)c3)cc2SN1C. The zero-order chi connectivity index (χ0) is 23.4. The number of rotatable bonds is 7. The average molecular weight is 479 g/mol. The second kappa shape index (κ2) is 10.7. The number of carboxylic acid groups (broad SMARTS) is 1. The van der Waals surface area contributed by atoms with Gasteiger partial charge in [-0.2, -0.15) is 0 Å². The molecule has 4 nitrogen and oxygen atoms in total. The van der Waals surface area contributed by atoms with Gasteiger partial charge in [-0.15, -0.1) is 11.8 Å². The van der Waals surface area contributed by atoms with Crippen LogP contribution in [0.2, 0.25) is 0 Å². The topological polar surface area (TPSA) is 43.8 Å². The van der Waals surface area contributed by atoms with Gasteiger partial charge in [0, 0.05) is 28.1 Å². The Morgan fingerprint density at radius 1 is 1.12 bits per heavy atom. The first-order valence-corrected chi connectivity index (χ1v) is 13.3. The molecule has 1 aliphatic heterocycles. The lowest BCUT2D eigenvalue weighted by molar-refractivity contribution is 0.0697. The highest BCUT2D eigenvalue weighted by molar-refractivity contribution is 7.98. The highest BCUT2D eigenvalue weighted by Gasteiger charge is 2.28. The Morgan fingerprint density at radius 3 is 2.61 bits per heavy atom. The van der Waals surface area contributed by atoms with Crippen molar-refractivity contribution in [2.45, 2.75) is 42.0 Å². The molecule has 33 heavy (non-hydrogen) atoms. The minimum atomic E-state index is -0.902. The van der Waals surface area contributed by atoms with Crippen LogP contribution in [0.5, 0.6) is 0 Å². The molecule has 1 unspecified atom stereocenters. The summed E-state index contributed by atoms with van der Waals surface area (Å²) in [4.78, 5) is 16.3. The second-order valence-corrected chi connectivity index (χ2v) is 10.3. The third-order valence-electron chi connectivity index (χ3n) is 6.10. The van der Waals surface area contributed by atoms with E-state index in [9.17, 15) is 9.90 Å². The summed E-state index contributed by atoms with van der Waals surface area (Å²) >= 11 is 3.49. The molecule has 6 heteroatoms. The van der Waals surface area contributed by atoms with E-state index in [1.807, 2.05) is 12.1 Å². The zero-order valence-electron chi connectivity index (χ0n) is 19.3. The molecule has 3 aromatic carbocycles. The number of nitrogens with zero attached hydrogens (tertiary/aromatic N) is 2. The van der Waals surface area contributed by atoms with Crippen LogP contribution < -0.4 is 4.90 Å². The van der Waals surface area contributed by atoms with Crippen LogP contribution in [-0.4, -0.2) is 41.3 Å². The summed E-state index contributed by atoms with van der Waals surface area (Å²) in [6.07, 6.45) is 5.63. The van der Waals surface area contributed by atoms with Gasteiger partial charge >= 0.3 is 5.97 Å². The third-order valence-corrected chi connectivity index (χ3v) is 7.99. The highest BCUT2D eigenvalue weighted by atomic mass is 32.2. The number of fused-ring (bicyclic) bond motifs is 1. The van der Waals surface area contributed by atoms with Gasteiger partial charge in [-0.25, -0.2) is 9.10 Å². The summed E-state index contributed by atoms with van der Waals surface area (Å²) in [6.45, 7) is 3.18. The molecule has 1 N–H and O–H groups in total. The fraction of sp³-hybridized carbons (Fsp3) is 0.296. The van der Waals surface area contributed by atoms with Crippen molar-refractivity contribution in [2.75, 3.05) is 24.7 Å². The molecule has 1 aliphatic rings. The molecular formula is C27H30N2O2S2. The number of anilines is 2. The van der Waals surface area contributed by atoms with E-state index in [0.29, 0.717) is 11.6 Å². The normalized spacial score (nSPS) is 16.3. The molecule has 0 amide bonds. The summed E-state index contributed by atoms with van der Waals surface area (Å²) in [5.41, 5.74) is 4.72. The minimum Gasteiger partial charge on any atom is -0.478 e. The molecule has 0 spiro atoms. The Morgan fingerprint density at radius 2 is 1.91 bits per heavy atom. The monoisotopic (exact) mass is 478 g/mol. The van der Waals surface area contributed by atoms with E-state index in [1.54, 1.807) is 35.8 Å². The molecule has 0 fully saturated rings. The van der Waals surface area contributed by atoms with Crippen molar-refractivity contribution < 1.29 is 9.90 Å². The molecular weight excluding hydrogens is 448 g/mol. The van der Waals surface area contributed by atoms with E-state index in [1.165, 1.54) is 29.1 Å². The van der Waals surface area contributed by atoms with Crippen molar-refractivity contribution in [1.82, 2.24) is 4.31 Å². The van der Waals surface area contributed by atoms with Crippen molar-refractivity contribution in [1.29, 1.82) is 0 Å². The van der Waals surface area contributed by atoms with Crippen LogP contribution in [-0.2, 0) is 0 Å². The van der Waals surface area contributed by atoms with Gasteiger partial charge in [0.15, 0.2) is 0 Å². The number of thioether (sulfide) groups is 1. The van der Waals surface area contributed by atoms with Gasteiger partial charge in [-0.05, 0) is 79.2 Å². The van der Waals surface area contributed by atoms with E-state index >= 15 is 0 Å². The lowest BCUT2D eigenvalue weighted by Crippen LogP contribution is -2.35. The molecule has 0 saturated heterocycles. The Labute approximate surface area is 205 Å². The molecule has 0 bridgehead atoms. The molecule has 172 valence electrons. The van der Waals surface area contributed by atoms with Crippen LogP contribution in [0.25, 0.3) is 11.1 Å². The minimum absolute atomic E-state index is 0.310. The first-order valence-electron chi connectivity index (χ1n) is 11.3. The number of benzene rings is 3. The predicted molar refractivity (Wildman–Crippen MR) is 141 cm³/mol. The van der Waals surface area contributed by atoms with Crippen molar-refractivity contribution in [3.05, 3.63) is 72.3 Å². The lowest BCUT2D eigenvalue weighted by atomic mass is 10.0. The number of carbonyl (C=O) groups is 1. The standard InChI is InChI=1S/C27H30N2O2S2/c1-4-5-12-22-18-29(21-13-7-6-8-14-21)24-17-25(32-3)23(16-26(24)33-28(22)2)19-10-9-11-20(15-19)27(30)31/h6-11,13-17,22H,4-5,12,18H2,1-3H3,(H,30,31). The van der Waals surface area contributed by atoms with Crippen LogP contribution in [0.1, 0.15) is 36.5 Å². The molecule has 0 aromatic heterocycles. The smallest absolute Gasteiger partial charge is 0.335 e. The second-order valence-electron chi connectivity index (χ2n) is 8.29. The molecule has 0 aliphatic carbocycles. The molecule has 4 rings (SSSR count). The Balaban J connectivity index is 1.85. The van der Waals surface area contributed by atoms with E-state index in [2.05, 4.69) is 71.9 Å². The Kier molecular flexibility index (Phi) is 7.68. The lowest BCUT2D eigenvalue weighted by Gasteiger charge is -2.30. The van der Waals surface area contributed by atoms with Gasteiger partial charge in [0.1, 0.15) is 0 Å². The van der Waals surface area contributed by atoms with Crippen molar-refractivity contribution in [2.24, 2.45) is 0 Å². The van der Waals surface area contributed by atoms with Crippen LogP contribution in [0.3, 0.4) is 0 Å². The largest absolute Gasteiger partial charge is 0.478 e. The van der Waals surface area contributed by atoms with Crippen LogP contribution >= 0.6 is 23.7 Å². The number of hydrogen-bond donors (Lipinski definition) is 1. The van der Waals surface area contributed by atoms with Gasteiger partial charge < -0.3 is 10.0 Å². The van der Waals surface area contributed by atoms with Gasteiger partial charge in [0.2, 0.25) is 0 Å². The van der Waals surface area contributed by atoms with Gasteiger partial charge in [0.05, 0.1) is 11.3 Å². The maximum atomic E-state index is 11.6. The Bertz CT molecular complexity index is 1120. The van der Waals surface area contributed by atoms with Gasteiger partial charge in [-0.1, -0.05) is 50.1 Å². The van der Waals surface area contributed by atoms with Crippen molar-refractivity contribution in [3.8, 4) is 11.1 Å². The summed E-state index contributed by atoms with van der Waals surface area (Å²) in [7, 11) is 2.19. The summed E-state index contributed by atoms with van der Waals surface area (Å²) in [5, 5.41) is 9.48. The quantitative estimate of drug-likeness (QED) is 0.281. The van der Waals surface area contributed by atoms with E-state index in [0.717, 1.165) is 29.0 Å². The predicted octanol–water partition coefficient (Wildman–Crippen LogP) is 7.42. The van der Waals surface area contributed by atoms with Crippen LogP contribution in [0.4, 0.5) is 11.4 Å².